The quantitative estimate of drug-likeness (QED) is 0.705. The number of amides is 1. The maximum absolute atomic E-state index is 13.0. The van der Waals surface area contributed by atoms with Gasteiger partial charge in [-0.05, 0) is 45.2 Å². The lowest BCUT2D eigenvalue weighted by Crippen LogP contribution is -2.36. The Morgan fingerprint density at radius 2 is 1.96 bits per heavy atom. The van der Waals surface area contributed by atoms with E-state index in [2.05, 4.69) is 10.1 Å². The van der Waals surface area contributed by atoms with Gasteiger partial charge in [-0.1, -0.05) is 5.16 Å². The number of pyridine rings is 1. The average Bonchev–Trinajstić information content (AvgIpc) is 3.13. The van der Waals surface area contributed by atoms with E-state index in [1.54, 1.807) is 12.4 Å². The summed E-state index contributed by atoms with van der Waals surface area (Å²) in [5, 5.41) is 4.17. The van der Waals surface area contributed by atoms with Crippen LogP contribution in [0.3, 0.4) is 0 Å². The Balaban J connectivity index is 2.03. The van der Waals surface area contributed by atoms with Gasteiger partial charge in [0.2, 0.25) is 5.76 Å². The molecule has 3 rings (SSSR count). The van der Waals surface area contributed by atoms with Gasteiger partial charge in [0.1, 0.15) is 5.69 Å². The molecular weight excluding hydrogens is 334 g/mol. The number of nitrogens with zero attached hydrogens (tertiary/aromatic N) is 3. The van der Waals surface area contributed by atoms with Crippen molar-refractivity contribution in [3.63, 3.8) is 0 Å². The first kappa shape index (κ1) is 18.5. The van der Waals surface area contributed by atoms with E-state index >= 15 is 0 Å². The third-order valence-corrected chi connectivity index (χ3v) is 4.37. The number of aromatic nitrogens is 2. The minimum atomic E-state index is -0.713. The molecule has 26 heavy (non-hydrogen) atoms. The molecule has 0 radical (unpaired) electrons. The third kappa shape index (κ3) is 3.94. The SMILES string of the molecule is CCOC(OCC)c1c(-c2cccnc2)noc1C(=O)N1CCCCC1. The minimum Gasteiger partial charge on any atom is -0.350 e. The minimum absolute atomic E-state index is 0.160. The fraction of sp³-hybridized carbons (Fsp3) is 0.526. The van der Waals surface area contributed by atoms with E-state index < -0.39 is 6.29 Å². The van der Waals surface area contributed by atoms with Crippen molar-refractivity contribution >= 4 is 5.91 Å². The highest BCUT2D eigenvalue weighted by Crippen LogP contribution is 2.34. The Hall–Kier alpha value is -2.25. The van der Waals surface area contributed by atoms with E-state index in [9.17, 15) is 4.79 Å². The van der Waals surface area contributed by atoms with Crippen LogP contribution in [-0.2, 0) is 9.47 Å². The zero-order chi connectivity index (χ0) is 18.4. The second kappa shape index (κ2) is 8.91. The number of rotatable bonds is 7. The van der Waals surface area contributed by atoms with Gasteiger partial charge in [-0.15, -0.1) is 0 Å². The molecule has 140 valence electrons. The molecule has 1 aliphatic rings. The van der Waals surface area contributed by atoms with E-state index in [1.165, 1.54) is 0 Å². The van der Waals surface area contributed by atoms with E-state index in [0.717, 1.165) is 37.9 Å². The maximum Gasteiger partial charge on any atom is 0.292 e. The lowest BCUT2D eigenvalue weighted by molar-refractivity contribution is -0.140. The summed E-state index contributed by atoms with van der Waals surface area (Å²) < 4.78 is 17.0. The highest BCUT2D eigenvalue weighted by atomic mass is 16.7. The summed E-state index contributed by atoms with van der Waals surface area (Å²) in [6.07, 6.45) is 5.82. The molecule has 2 aromatic heterocycles. The van der Waals surface area contributed by atoms with Crippen LogP contribution >= 0.6 is 0 Å². The molecule has 0 saturated carbocycles. The lowest BCUT2D eigenvalue weighted by Gasteiger charge is -2.26. The van der Waals surface area contributed by atoms with Crippen molar-refractivity contribution in [3.05, 3.63) is 35.9 Å². The molecule has 0 bridgehead atoms. The summed E-state index contributed by atoms with van der Waals surface area (Å²) in [5.74, 6) is 0.0319. The van der Waals surface area contributed by atoms with Gasteiger partial charge in [0.15, 0.2) is 6.29 Å². The standard InChI is InChI=1S/C19H25N3O4/c1-3-24-19(25-4-2)15-16(14-9-8-10-20-13-14)21-26-17(15)18(23)22-11-6-5-7-12-22/h8-10,13,19H,3-7,11-12H2,1-2H3. The Kier molecular flexibility index (Phi) is 6.35. The molecule has 2 aromatic rings. The number of hydrogen-bond donors (Lipinski definition) is 0. The van der Waals surface area contributed by atoms with Crippen LogP contribution in [-0.4, -0.2) is 47.3 Å². The molecule has 0 aliphatic carbocycles. The number of likely N-dealkylation sites (tertiary alicyclic amines) is 1. The number of piperidine rings is 1. The Labute approximate surface area is 153 Å². The van der Waals surface area contributed by atoms with Crippen LogP contribution in [0.25, 0.3) is 11.3 Å². The van der Waals surface area contributed by atoms with E-state index in [0.29, 0.717) is 24.5 Å². The van der Waals surface area contributed by atoms with Crippen molar-refractivity contribution in [1.82, 2.24) is 15.0 Å². The molecule has 1 saturated heterocycles. The summed E-state index contributed by atoms with van der Waals surface area (Å²) in [5.41, 5.74) is 1.83. The predicted molar refractivity (Wildman–Crippen MR) is 95.5 cm³/mol. The van der Waals surface area contributed by atoms with Gasteiger partial charge >= 0.3 is 0 Å². The summed E-state index contributed by atoms with van der Waals surface area (Å²) in [4.78, 5) is 19.0. The van der Waals surface area contributed by atoms with Gasteiger partial charge in [-0.2, -0.15) is 0 Å². The molecular formula is C19H25N3O4. The van der Waals surface area contributed by atoms with Gasteiger partial charge in [0, 0.05) is 44.3 Å². The summed E-state index contributed by atoms with van der Waals surface area (Å²) in [6, 6.07) is 3.69. The Bertz CT molecular complexity index is 705. The fourth-order valence-corrected chi connectivity index (χ4v) is 3.14. The van der Waals surface area contributed by atoms with Crippen molar-refractivity contribution in [2.24, 2.45) is 0 Å². The average molecular weight is 359 g/mol. The fourth-order valence-electron chi connectivity index (χ4n) is 3.14. The number of ether oxygens (including phenoxy) is 2. The Morgan fingerprint density at radius 3 is 2.58 bits per heavy atom. The molecule has 1 amide bonds. The van der Waals surface area contributed by atoms with Gasteiger partial charge in [-0.25, -0.2) is 0 Å². The van der Waals surface area contributed by atoms with Crippen molar-refractivity contribution in [2.45, 2.75) is 39.4 Å². The first-order chi connectivity index (χ1) is 12.8. The zero-order valence-corrected chi connectivity index (χ0v) is 15.3. The van der Waals surface area contributed by atoms with E-state index in [-0.39, 0.29) is 11.7 Å². The van der Waals surface area contributed by atoms with Crippen molar-refractivity contribution < 1.29 is 18.8 Å². The molecule has 7 nitrogen and oxygen atoms in total. The number of carbonyl (C=O) groups excluding carboxylic acids is 1. The zero-order valence-electron chi connectivity index (χ0n) is 15.3. The molecule has 0 spiro atoms. The molecule has 0 N–H and O–H groups in total. The summed E-state index contributed by atoms with van der Waals surface area (Å²) in [6.45, 7) is 6.12. The van der Waals surface area contributed by atoms with Gasteiger partial charge < -0.3 is 18.9 Å². The smallest absolute Gasteiger partial charge is 0.292 e. The summed E-state index contributed by atoms with van der Waals surface area (Å²) >= 11 is 0. The Morgan fingerprint density at radius 1 is 1.23 bits per heavy atom. The van der Waals surface area contributed by atoms with E-state index in [1.807, 2.05) is 30.9 Å². The van der Waals surface area contributed by atoms with Crippen LogP contribution < -0.4 is 0 Å². The van der Waals surface area contributed by atoms with Crippen molar-refractivity contribution in [3.8, 4) is 11.3 Å². The predicted octanol–water partition coefficient (Wildman–Crippen LogP) is 3.43. The van der Waals surface area contributed by atoms with Crippen LogP contribution in [0.5, 0.6) is 0 Å². The number of carbonyl (C=O) groups is 1. The molecule has 7 heteroatoms. The van der Waals surface area contributed by atoms with Crippen LogP contribution in [0.15, 0.2) is 29.0 Å². The highest BCUT2D eigenvalue weighted by Gasteiger charge is 2.33. The normalized spacial score (nSPS) is 14.8. The number of hydrogen-bond acceptors (Lipinski definition) is 6. The van der Waals surface area contributed by atoms with Crippen LogP contribution in [0.4, 0.5) is 0 Å². The monoisotopic (exact) mass is 359 g/mol. The van der Waals surface area contributed by atoms with Gasteiger partial charge in [-0.3, -0.25) is 9.78 Å². The second-order valence-electron chi connectivity index (χ2n) is 6.11. The first-order valence-electron chi connectivity index (χ1n) is 9.18. The van der Waals surface area contributed by atoms with Crippen LogP contribution in [0.1, 0.15) is 55.5 Å². The molecule has 0 aromatic carbocycles. The molecule has 1 fully saturated rings. The van der Waals surface area contributed by atoms with Crippen LogP contribution in [0.2, 0.25) is 0 Å². The molecule has 1 aliphatic heterocycles. The third-order valence-electron chi connectivity index (χ3n) is 4.37. The first-order valence-corrected chi connectivity index (χ1v) is 9.18. The lowest BCUT2D eigenvalue weighted by atomic mass is 10.1. The summed E-state index contributed by atoms with van der Waals surface area (Å²) in [7, 11) is 0. The maximum atomic E-state index is 13.0. The highest BCUT2D eigenvalue weighted by molar-refractivity contribution is 5.94. The molecule has 0 atom stereocenters. The van der Waals surface area contributed by atoms with Gasteiger partial charge in [0.25, 0.3) is 5.91 Å². The van der Waals surface area contributed by atoms with Gasteiger partial charge in [0.05, 0.1) is 5.56 Å². The topological polar surface area (TPSA) is 77.7 Å². The molecule has 0 unspecified atom stereocenters. The second-order valence-corrected chi connectivity index (χ2v) is 6.11. The van der Waals surface area contributed by atoms with E-state index in [4.69, 9.17) is 14.0 Å². The van der Waals surface area contributed by atoms with Crippen molar-refractivity contribution in [1.29, 1.82) is 0 Å². The molecule has 3 heterocycles. The largest absolute Gasteiger partial charge is 0.350 e. The van der Waals surface area contributed by atoms with Crippen molar-refractivity contribution in [2.75, 3.05) is 26.3 Å². The van der Waals surface area contributed by atoms with Crippen LogP contribution in [0, 0.1) is 0 Å².